The van der Waals surface area contributed by atoms with Crippen LogP contribution in [0, 0.1) is 22.7 Å². The lowest BCUT2D eigenvalue weighted by Crippen LogP contribution is -2.21. The van der Waals surface area contributed by atoms with Gasteiger partial charge in [0, 0.05) is 30.2 Å². The molecule has 2 aromatic heterocycles. The molecular formula is C24H18N4O3. The number of hydrogen-bond acceptors (Lipinski definition) is 7. The van der Waals surface area contributed by atoms with Crippen LogP contribution in [0.25, 0.3) is 33.7 Å². The maximum Gasteiger partial charge on any atom is 0.344 e. The summed E-state index contributed by atoms with van der Waals surface area (Å²) in [5.41, 5.74) is 1.79. The fraction of sp³-hybridized carbons (Fsp3) is 0.167. The van der Waals surface area contributed by atoms with Crippen molar-refractivity contribution in [3.63, 3.8) is 0 Å². The molecule has 0 saturated heterocycles. The highest BCUT2D eigenvalue weighted by molar-refractivity contribution is 5.94. The molecule has 0 bridgehead atoms. The standard InChI is InChI=1S/C24H18N4O3/c1-3-28(4-2)16-9-10-17-19(14-26)18(24(29)31-22(17)12-16)11-15(13-25)23-27-20-7-5-6-8-21(20)30-23/h5-12H,3-4H2,1-2H3/b15-11+. The molecule has 0 amide bonds. The van der Waals surface area contributed by atoms with E-state index in [0.29, 0.717) is 22.1 Å². The van der Waals surface area contributed by atoms with E-state index in [1.165, 1.54) is 6.08 Å². The molecule has 7 heteroatoms. The average Bonchev–Trinajstić information content (AvgIpc) is 3.22. The Labute approximate surface area is 178 Å². The molecule has 0 N–H and O–H groups in total. The van der Waals surface area contributed by atoms with Crippen LogP contribution in [-0.2, 0) is 0 Å². The van der Waals surface area contributed by atoms with Gasteiger partial charge in [0.2, 0.25) is 5.89 Å². The van der Waals surface area contributed by atoms with Crippen molar-refractivity contribution in [1.82, 2.24) is 4.98 Å². The van der Waals surface area contributed by atoms with E-state index in [9.17, 15) is 15.3 Å². The van der Waals surface area contributed by atoms with Crippen LogP contribution in [0.2, 0.25) is 0 Å². The Morgan fingerprint density at radius 2 is 1.87 bits per heavy atom. The van der Waals surface area contributed by atoms with Crippen molar-refractivity contribution in [2.75, 3.05) is 18.0 Å². The maximum atomic E-state index is 12.8. The molecule has 0 radical (unpaired) electrons. The Balaban J connectivity index is 1.89. The number of para-hydroxylation sites is 2. The molecule has 2 aromatic carbocycles. The summed E-state index contributed by atoms with van der Waals surface area (Å²) in [4.78, 5) is 19.2. The lowest BCUT2D eigenvalue weighted by atomic mass is 10.0. The van der Waals surface area contributed by atoms with Gasteiger partial charge in [-0.15, -0.1) is 0 Å². The molecule has 2 heterocycles. The lowest BCUT2D eigenvalue weighted by Gasteiger charge is -2.21. The maximum absolute atomic E-state index is 12.8. The van der Waals surface area contributed by atoms with Gasteiger partial charge in [0.25, 0.3) is 0 Å². The molecular weight excluding hydrogens is 392 g/mol. The van der Waals surface area contributed by atoms with Crippen LogP contribution in [0.3, 0.4) is 0 Å². The van der Waals surface area contributed by atoms with Crippen molar-refractivity contribution < 1.29 is 8.83 Å². The predicted molar refractivity (Wildman–Crippen MR) is 118 cm³/mol. The molecule has 0 saturated carbocycles. The van der Waals surface area contributed by atoms with E-state index in [2.05, 4.69) is 16.0 Å². The van der Waals surface area contributed by atoms with Crippen molar-refractivity contribution >= 4 is 39.4 Å². The highest BCUT2D eigenvalue weighted by Gasteiger charge is 2.18. The molecule has 0 aliphatic heterocycles. The van der Waals surface area contributed by atoms with Gasteiger partial charge in [0.1, 0.15) is 28.8 Å². The van der Waals surface area contributed by atoms with Crippen molar-refractivity contribution in [3.8, 4) is 12.1 Å². The third kappa shape index (κ3) is 3.54. The zero-order valence-corrected chi connectivity index (χ0v) is 17.0. The lowest BCUT2D eigenvalue weighted by molar-refractivity contribution is 0.558. The van der Waals surface area contributed by atoms with Crippen molar-refractivity contribution in [2.45, 2.75) is 13.8 Å². The molecule has 0 atom stereocenters. The normalized spacial score (nSPS) is 11.4. The Morgan fingerprint density at radius 1 is 1.10 bits per heavy atom. The third-order valence-electron chi connectivity index (χ3n) is 5.10. The van der Waals surface area contributed by atoms with Gasteiger partial charge in [-0.1, -0.05) is 12.1 Å². The fourth-order valence-electron chi connectivity index (χ4n) is 3.51. The zero-order chi connectivity index (χ0) is 22.0. The molecule has 4 aromatic rings. The Morgan fingerprint density at radius 3 is 2.55 bits per heavy atom. The topological polar surface area (TPSA) is 107 Å². The molecule has 0 unspecified atom stereocenters. The van der Waals surface area contributed by atoms with E-state index < -0.39 is 5.63 Å². The second-order valence-electron chi connectivity index (χ2n) is 6.80. The monoisotopic (exact) mass is 410 g/mol. The first-order valence-electron chi connectivity index (χ1n) is 9.83. The van der Waals surface area contributed by atoms with E-state index in [0.717, 1.165) is 18.8 Å². The number of nitriles is 2. The van der Waals surface area contributed by atoms with Crippen LogP contribution in [0.15, 0.2) is 56.1 Å². The quantitative estimate of drug-likeness (QED) is 0.346. The number of nitrogens with zero attached hydrogens (tertiary/aromatic N) is 4. The number of anilines is 1. The van der Waals surface area contributed by atoms with Gasteiger partial charge in [-0.25, -0.2) is 9.78 Å². The van der Waals surface area contributed by atoms with Gasteiger partial charge >= 0.3 is 5.63 Å². The summed E-state index contributed by atoms with van der Waals surface area (Å²) in [7, 11) is 0. The summed E-state index contributed by atoms with van der Waals surface area (Å²) in [5.74, 6) is 0.0731. The molecule has 31 heavy (non-hydrogen) atoms. The zero-order valence-electron chi connectivity index (χ0n) is 17.0. The summed E-state index contributed by atoms with van der Waals surface area (Å²) < 4.78 is 11.2. The molecule has 0 spiro atoms. The molecule has 0 aliphatic rings. The second kappa shape index (κ2) is 8.17. The van der Waals surface area contributed by atoms with Crippen molar-refractivity contribution in [1.29, 1.82) is 10.5 Å². The average molecular weight is 410 g/mol. The van der Waals surface area contributed by atoms with Crippen LogP contribution >= 0.6 is 0 Å². The van der Waals surface area contributed by atoms with Gasteiger partial charge in [-0.3, -0.25) is 0 Å². The molecule has 152 valence electrons. The largest absolute Gasteiger partial charge is 0.435 e. The smallest absolute Gasteiger partial charge is 0.344 e. The highest BCUT2D eigenvalue weighted by atomic mass is 16.4. The number of hydrogen-bond donors (Lipinski definition) is 0. The summed E-state index contributed by atoms with van der Waals surface area (Å²) in [6, 6.07) is 16.6. The minimum absolute atomic E-state index is 0.00982. The number of rotatable bonds is 5. The summed E-state index contributed by atoms with van der Waals surface area (Å²) in [5, 5.41) is 19.9. The Hall–Kier alpha value is -4.36. The molecule has 0 fully saturated rings. The first kappa shape index (κ1) is 19.9. The minimum atomic E-state index is -0.704. The third-order valence-corrected chi connectivity index (χ3v) is 5.10. The Bertz CT molecular complexity index is 1430. The van der Waals surface area contributed by atoms with Crippen molar-refractivity contribution in [2.24, 2.45) is 0 Å². The number of aromatic nitrogens is 1. The predicted octanol–water partition coefficient (Wildman–Crippen LogP) is 4.72. The number of benzene rings is 2. The van der Waals surface area contributed by atoms with Gasteiger partial charge in [-0.2, -0.15) is 10.5 Å². The number of fused-ring (bicyclic) bond motifs is 2. The van der Waals surface area contributed by atoms with E-state index in [-0.39, 0.29) is 22.6 Å². The Kier molecular flexibility index (Phi) is 5.26. The van der Waals surface area contributed by atoms with Gasteiger partial charge in [0.05, 0.1) is 11.1 Å². The van der Waals surface area contributed by atoms with Crippen LogP contribution in [0.5, 0.6) is 0 Å². The minimum Gasteiger partial charge on any atom is -0.435 e. The first-order valence-corrected chi connectivity index (χ1v) is 9.83. The fourth-order valence-corrected chi connectivity index (χ4v) is 3.51. The van der Waals surface area contributed by atoms with Crippen LogP contribution in [0.4, 0.5) is 5.69 Å². The molecule has 4 rings (SSSR count). The van der Waals surface area contributed by atoms with Crippen LogP contribution in [0.1, 0.15) is 30.9 Å². The van der Waals surface area contributed by atoms with Gasteiger partial charge in [-0.05, 0) is 44.2 Å². The SMILES string of the molecule is CCN(CC)c1ccc2c(C#N)c(/C=C(\C#N)c3nc4ccccc4o3)c(=O)oc2c1. The second-order valence-corrected chi connectivity index (χ2v) is 6.80. The van der Waals surface area contributed by atoms with E-state index >= 15 is 0 Å². The van der Waals surface area contributed by atoms with Gasteiger partial charge in [0.15, 0.2) is 5.58 Å². The molecule has 0 aliphatic carbocycles. The first-order chi connectivity index (χ1) is 15.1. The number of oxazole rings is 1. The van der Waals surface area contributed by atoms with Crippen LogP contribution in [-0.4, -0.2) is 18.1 Å². The van der Waals surface area contributed by atoms with Crippen LogP contribution < -0.4 is 10.5 Å². The van der Waals surface area contributed by atoms with E-state index in [4.69, 9.17) is 8.83 Å². The molecule has 7 nitrogen and oxygen atoms in total. The van der Waals surface area contributed by atoms with Crippen molar-refractivity contribution in [3.05, 3.63) is 69.9 Å². The number of allylic oxidation sites excluding steroid dienone is 1. The summed E-state index contributed by atoms with van der Waals surface area (Å²) >= 11 is 0. The summed E-state index contributed by atoms with van der Waals surface area (Å²) in [6.07, 6.45) is 1.30. The van der Waals surface area contributed by atoms with E-state index in [1.54, 1.807) is 30.3 Å². The summed E-state index contributed by atoms with van der Waals surface area (Å²) in [6.45, 7) is 5.67. The highest BCUT2D eigenvalue weighted by Crippen LogP contribution is 2.28. The van der Waals surface area contributed by atoms with E-state index in [1.807, 2.05) is 32.0 Å². The van der Waals surface area contributed by atoms with Gasteiger partial charge < -0.3 is 13.7 Å².